The highest BCUT2D eigenvalue weighted by molar-refractivity contribution is 5.94. The molecule has 0 spiro atoms. The van der Waals surface area contributed by atoms with Crippen molar-refractivity contribution in [2.24, 2.45) is 11.8 Å². The Balaban J connectivity index is 2.06. The van der Waals surface area contributed by atoms with Crippen LogP contribution < -0.4 is 5.32 Å². The van der Waals surface area contributed by atoms with E-state index < -0.39 is 0 Å². The number of pyridine rings is 1. The Morgan fingerprint density at radius 3 is 2.61 bits per heavy atom. The molecular formula is C17H17N5O. The molecule has 2 aromatic heterocycles. The van der Waals surface area contributed by atoms with E-state index in [4.69, 9.17) is 5.26 Å². The van der Waals surface area contributed by atoms with E-state index in [1.54, 1.807) is 16.7 Å². The third-order valence-electron chi connectivity index (χ3n) is 4.06. The molecule has 3 rings (SSSR count). The first-order valence-electron chi connectivity index (χ1n) is 7.50. The van der Waals surface area contributed by atoms with Gasteiger partial charge in [0.25, 0.3) is 0 Å². The number of imidazole rings is 1. The first kappa shape index (κ1) is 15.0. The number of hydrogen-bond acceptors (Lipinski definition) is 4. The van der Waals surface area contributed by atoms with Crippen LogP contribution in [0.15, 0.2) is 30.4 Å². The van der Waals surface area contributed by atoms with Crippen molar-refractivity contribution in [1.29, 1.82) is 5.26 Å². The molecule has 6 heteroatoms. The fraction of sp³-hybridized carbons (Fsp3) is 0.294. The third kappa shape index (κ3) is 2.61. The zero-order valence-electron chi connectivity index (χ0n) is 13.2. The van der Waals surface area contributed by atoms with Gasteiger partial charge in [-0.15, -0.1) is 0 Å². The molecule has 1 aliphatic rings. The SMILES string of the molecule is CC(C)[C@H](C)C(=O)Nc1nc2ccc(C#N)nc2n1C1=CC=C1. The lowest BCUT2D eigenvalue weighted by molar-refractivity contribution is -0.120. The number of fused-ring (bicyclic) bond motifs is 1. The molecule has 23 heavy (non-hydrogen) atoms. The van der Waals surface area contributed by atoms with Crippen molar-refractivity contribution >= 4 is 28.7 Å². The normalized spacial score (nSPS) is 14.3. The number of carbonyl (C=O) groups excluding carboxylic acids is 1. The van der Waals surface area contributed by atoms with Gasteiger partial charge >= 0.3 is 0 Å². The zero-order chi connectivity index (χ0) is 16.6. The van der Waals surface area contributed by atoms with Gasteiger partial charge in [-0.05, 0) is 30.2 Å². The lowest BCUT2D eigenvalue weighted by atomic mass is 9.97. The van der Waals surface area contributed by atoms with Crippen LogP contribution in [0, 0.1) is 23.2 Å². The maximum atomic E-state index is 12.4. The molecule has 1 amide bonds. The zero-order valence-corrected chi connectivity index (χ0v) is 13.2. The molecule has 6 nitrogen and oxygen atoms in total. The van der Waals surface area contributed by atoms with Crippen molar-refractivity contribution in [2.45, 2.75) is 20.8 Å². The van der Waals surface area contributed by atoms with Crippen LogP contribution in [-0.2, 0) is 4.79 Å². The topological polar surface area (TPSA) is 83.6 Å². The number of nitrogens with zero attached hydrogens (tertiary/aromatic N) is 4. The summed E-state index contributed by atoms with van der Waals surface area (Å²) in [7, 11) is 0. The van der Waals surface area contributed by atoms with Crippen LogP contribution in [0.3, 0.4) is 0 Å². The van der Waals surface area contributed by atoms with Crippen LogP contribution in [0.5, 0.6) is 0 Å². The second kappa shape index (κ2) is 5.69. The number of aromatic nitrogens is 3. The molecular weight excluding hydrogens is 290 g/mol. The summed E-state index contributed by atoms with van der Waals surface area (Å²) in [5, 5.41) is 11.9. The quantitative estimate of drug-likeness (QED) is 0.941. The van der Waals surface area contributed by atoms with Crippen LogP contribution in [0.1, 0.15) is 26.5 Å². The first-order chi connectivity index (χ1) is 11.0. The summed E-state index contributed by atoms with van der Waals surface area (Å²) in [4.78, 5) is 21.1. The number of nitrogens with one attached hydrogen (secondary N) is 1. The van der Waals surface area contributed by atoms with Crippen molar-refractivity contribution in [1.82, 2.24) is 14.5 Å². The second-order valence-electron chi connectivity index (χ2n) is 5.89. The summed E-state index contributed by atoms with van der Waals surface area (Å²) in [6.07, 6.45) is 5.71. The van der Waals surface area contributed by atoms with Crippen molar-refractivity contribution in [2.75, 3.05) is 5.32 Å². The molecule has 0 unspecified atom stereocenters. The summed E-state index contributed by atoms with van der Waals surface area (Å²) in [6, 6.07) is 5.38. The summed E-state index contributed by atoms with van der Waals surface area (Å²) in [6.45, 7) is 5.90. The largest absolute Gasteiger partial charge is 0.295 e. The van der Waals surface area contributed by atoms with Gasteiger partial charge in [-0.3, -0.25) is 14.7 Å². The number of allylic oxidation sites excluding steroid dienone is 4. The standard InChI is InChI=1S/C17H17N5O/c1-10(2)11(3)16(23)21-17-20-14-8-7-12(9-18)19-15(14)22(17)13-5-4-6-13/h4-8,10-11H,1-3H3,(H,20,21,23)/t11-/m0/s1. The summed E-state index contributed by atoms with van der Waals surface area (Å²) >= 11 is 0. The predicted molar refractivity (Wildman–Crippen MR) is 88.3 cm³/mol. The van der Waals surface area contributed by atoms with E-state index in [2.05, 4.69) is 15.3 Å². The number of nitriles is 1. The van der Waals surface area contributed by atoms with Gasteiger partial charge in [0.1, 0.15) is 17.3 Å². The van der Waals surface area contributed by atoms with Gasteiger partial charge in [-0.2, -0.15) is 5.26 Å². The first-order valence-corrected chi connectivity index (χ1v) is 7.50. The Kier molecular flexibility index (Phi) is 3.70. The molecule has 1 N–H and O–H groups in total. The molecule has 0 fully saturated rings. The van der Waals surface area contributed by atoms with E-state index >= 15 is 0 Å². The van der Waals surface area contributed by atoms with Crippen molar-refractivity contribution < 1.29 is 4.79 Å². The van der Waals surface area contributed by atoms with Crippen LogP contribution in [0.2, 0.25) is 0 Å². The molecule has 116 valence electrons. The molecule has 2 aromatic rings. The minimum atomic E-state index is -0.128. The number of carbonyl (C=O) groups is 1. The van der Waals surface area contributed by atoms with E-state index in [9.17, 15) is 4.79 Å². The van der Waals surface area contributed by atoms with Crippen LogP contribution in [0.25, 0.3) is 16.9 Å². The average Bonchev–Trinajstić information content (AvgIpc) is 2.82. The summed E-state index contributed by atoms with van der Waals surface area (Å²) in [5.74, 6) is 0.451. The lowest BCUT2D eigenvalue weighted by Gasteiger charge is -2.17. The summed E-state index contributed by atoms with van der Waals surface area (Å²) < 4.78 is 1.76. The lowest BCUT2D eigenvalue weighted by Crippen LogP contribution is -2.26. The molecule has 1 aliphatic carbocycles. The maximum absolute atomic E-state index is 12.4. The Morgan fingerprint density at radius 1 is 1.30 bits per heavy atom. The van der Waals surface area contributed by atoms with Gasteiger partial charge in [0.15, 0.2) is 5.65 Å². The molecule has 2 heterocycles. The van der Waals surface area contributed by atoms with Crippen molar-refractivity contribution in [3.8, 4) is 6.07 Å². The Morgan fingerprint density at radius 2 is 2.04 bits per heavy atom. The van der Waals surface area contributed by atoms with E-state index in [0.717, 1.165) is 5.70 Å². The van der Waals surface area contributed by atoms with E-state index in [1.807, 2.05) is 45.1 Å². The minimum Gasteiger partial charge on any atom is -0.295 e. The molecule has 1 atom stereocenters. The van der Waals surface area contributed by atoms with Gasteiger partial charge < -0.3 is 0 Å². The molecule has 0 aliphatic heterocycles. The average molecular weight is 307 g/mol. The van der Waals surface area contributed by atoms with Gasteiger partial charge in [-0.1, -0.05) is 26.8 Å². The highest BCUT2D eigenvalue weighted by Crippen LogP contribution is 2.27. The van der Waals surface area contributed by atoms with Gasteiger partial charge in [0.05, 0.1) is 5.70 Å². The van der Waals surface area contributed by atoms with Crippen LogP contribution in [0.4, 0.5) is 5.95 Å². The number of rotatable bonds is 4. The second-order valence-corrected chi connectivity index (χ2v) is 5.89. The fourth-order valence-electron chi connectivity index (χ4n) is 2.21. The Hall–Kier alpha value is -2.94. The van der Waals surface area contributed by atoms with E-state index in [0.29, 0.717) is 22.8 Å². The van der Waals surface area contributed by atoms with Crippen molar-refractivity contribution in [3.63, 3.8) is 0 Å². The van der Waals surface area contributed by atoms with Gasteiger partial charge in [0, 0.05) is 5.92 Å². The number of amides is 1. The smallest absolute Gasteiger partial charge is 0.229 e. The highest BCUT2D eigenvalue weighted by atomic mass is 16.2. The molecule has 0 radical (unpaired) electrons. The number of anilines is 1. The monoisotopic (exact) mass is 307 g/mol. The van der Waals surface area contributed by atoms with E-state index in [1.165, 1.54) is 0 Å². The molecule has 0 aromatic carbocycles. The Bertz CT molecular complexity index is 882. The molecule has 0 saturated carbocycles. The van der Waals surface area contributed by atoms with E-state index in [-0.39, 0.29) is 17.7 Å². The maximum Gasteiger partial charge on any atom is 0.229 e. The highest BCUT2D eigenvalue weighted by Gasteiger charge is 2.22. The predicted octanol–water partition coefficient (Wildman–Crippen LogP) is 2.94. The summed E-state index contributed by atoms with van der Waals surface area (Å²) in [5.41, 5.74) is 2.39. The fourth-order valence-corrected chi connectivity index (χ4v) is 2.21. The van der Waals surface area contributed by atoms with Crippen molar-refractivity contribution in [3.05, 3.63) is 36.1 Å². The van der Waals surface area contributed by atoms with Crippen LogP contribution in [-0.4, -0.2) is 20.4 Å². The van der Waals surface area contributed by atoms with Gasteiger partial charge in [-0.25, -0.2) is 9.97 Å². The van der Waals surface area contributed by atoms with Crippen LogP contribution >= 0.6 is 0 Å². The Labute approximate surface area is 134 Å². The minimum absolute atomic E-state index is 0.0824. The number of hydrogen-bond donors (Lipinski definition) is 1. The van der Waals surface area contributed by atoms with Gasteiger partial charge in [0.2, 0.25) is 11.9 Å². The molecule has 0 saturated heterocycles. The third-order valence-corrected chi connectivity index (χ3v) is 4.06. The molecule has 0 bridgehead atoms.